The maximum atomic E-state index is 11.4. The van der Waals surface area contributed by atoms with Gasteiger partial charge in [-0.25, -0.2) is 4.79 Å². The van der Waals surface area contributed by atoms with Gasteiger partial charge in [0.2, 0.25) is 0 Å². The van der Waals surface area contributed by atoms with Crippen LogP contribution in [0.3, 0.4) is 0 Å². The van der Waals surface area contributed by atoms with Gasteiger partial charge in [-0.15, -0.1) is 0 Å². The number of nitrogens with one attached hydrogen (secondary N) is 1. The van der Waals surface area contributed by atoms with Crippen LogP contribution in [0.15, 0.2) is 0 Å². The van der Waals surface area contributed by atoms with Crippen LogP contribution < -0.4 is 5.32 Å². The Kier molecular flexibility index (Phi) is 3.80. The molecule has 0 aliphatic carbocycles. The topological polar surface area (TPSA) is 61.8 Å². The first kappa shape index (κ1) is 13.3. The maximum Gasteiger partial charge on any atom is 0.407 e. The average Bonchev–Trinajstić information content (AvgIpc) is 2.41. The fourth-order valence-electron chi connectivity index (χ4n) is 1.75. The quantitative estimate of drug-likeness (QED) is 0.728. The molecule has 1 saturated heterocycles. The Morgan fingerprint density at radius 2 is 2.19 bits per heavy atom. The number of carbonyl (C=O) groups excluding carboxylic acids is 1. The predicted molar refractivity (Wildman–Crippen MR) is 61.3 cm³/mol. The molecule has 5 heteroatoms. The van der Waals surface area contributed by atoms with E-state index in [9.17, 15) is 9.90 Å². The molecule has 0 aromatic rings. The zero-order valence-corrected chi connectivity index (χ0v) is 10.5. The number of ether oxygens (including phenoxy) is 1. The lowest BCUT2D eigenvalue weighted by Crippen LogP contribution is -2.45. The molecule has 1 atom stereocenters. The van der Waals surface area contributed by atoms with Crippen molar-refractivity contribution in [2.75, 3.05) is 26.7 Å². The molecular weight excluding hydrogens is 208 g/mol. The molecule has 0 bridgehead atoms. The Labute approximate surface area is 96.8 Å². The van der Waals surface area contributed by atoms with E-state index in [1.54, 1.807) is 0 Å². The number of β-amino-alcohol motifs (C(OH)–C–C–N with tert-alkyl or cyclic N) is 1. The molecule has 1 heterocycles. The molecule has 0 aromatic carbocycles. The SMILES string of the molecule is CN1CCC(O)(CNC(=O)OC(C)(C)C)C1. The number of carbonyl (C=O) groups is 1. The van der Waals surface area contributed by atoms with E-state index in [0.29, 0.717) is 13.0 Å². The number of rotatable bonds is 2. The molecule has 16 heavy (non-hydrogen) atoms. The summed E-state index contributed by atoms with van der Waals surface area (Å²) in [6.07, 6.45) is 0.203. The van der Waals surface area contributed by atoms with Gasteiger partial charge in [0.1, 0.15) is 5.60 Å². The van der Waals surface area contributed by atoms with E-state index in [1.807, 2.05) is 32.7 Å². The van der Waals surface area contributed by atoms with Crippen LogP contribution in [0.25, 0.3) is 0 Å². The van der Waals surface area contributed by atoms with Gasteiger partial charge in [0.05, 0.1) is 12.1 Å². The first-order valence-corrected chi connectivity index (χ1v) is 5.58. The molecule has 5 nitrogen and oxygen atoms in total. The van der Waals surface area contributed by atoms with Gasteiger partial charge in [-0.3, -0.25) is 0 Å². The highest BCUT2D eigenvalue weighted by Gasteiger charge is 2.34. The summed E-state index contributed by atoms with van der Waals surface area (Å²) in [5.74, 6) is 0. The van der Waals surface area contributed by atoms with Crippen LogP contribution >= 0.6 is 0 Å². The van der Waals surface area contributed by atoms with E-state index >= 15 is 0 Å². The molecule has 0 aromatic heterocycles. The van der Waals surface area contributed by atoms with Crippen molar-refractivity contribution in [2.45, 2.75) is 38.4 Å². The Morgan fingerprint density at radius 1 is 1.56 bits per heavy atom. The summed E-state index contributed by atoms with van der Waals surface area (Å²) in [4.78, 5) is 13.4. The Morgan fingerprint density at radius 3 is 2.62 bits per heavy atom. The van der Waals surface area contributed by atoms with E-state index < -0.39 is 17.3 Å². The number of nitrogens with zero attached hydrogens (tertiary/aromatic N) is 1. The second-order valence-corrected chi connectivity index (χ2v) is 5.57. The summed E-state index contributed by atoms with van der Waals surface area (Å²) in [6, 6.07) is 0. The second kappa shape index (κ2) is 4.59. The Bertz CT molecular complexity index is 262. The van der Waals surface area contributed by atoms with Gasteiger partial charge >= 0.3 is 6.09 Å². The molecule has 1 amide bonds. The highest BCUT2D eigenvalue weighted by molar-refractivity contribution is 5.67. The molecule has 1 fully saturated rings. The van der Waals surface area contributed by atoms with Crippen molar-refractivity contribution in [1.29, 1.82) is 0 Å². The van der Waals surface area contributed by atoms with Gasteiger partial charge in [-0.05, 0) is 34.2 Å². The molecule has 0 saturated carbocycles. The van der Waals surface area contributed by atoms with Crippen LogP contribution in [0.2, 0.25) is 0 Å². The molecule has 0 radical (unpaired) electrons. The second-order valence-electron chi connectivity index (χ2n) is 5.57. The highest BCUT2D eigenvalue weighted by atomic mass is 16.6. The van der Waals surface area contributed by atoms with Crippen LogP contribution in [0.5, 0.6) is 0 Å². The number of amides is 1. The fraction of sp³-hybridized carbons (Fsp3) is 0.909. The number of alkyl carbamates (subject to hydrolysis) is 1. The number of hydrogen-bond donors (Lipinski definition) is 2. The minimum absolute atomic E-state index is 0.242. The largest absolute Gasteiger partial charge is 0.444 e. The fourth-order valence-corrected chi connectivity index (χ4v) is 1.75. The van der Waals surface area contributed by atoms with Gasteiger partial charge in [-0.1, -0.05) is 0 Å². The predicted octanol–water partition coefficient (Wildman–Crippen LogP) is 0.578. The number of aliphatic hydroxyl groups is 1. The van der Waals surface area contributed by atoms with Gasteiger partial charge in [0.15, 0.2) is 0 Å². The lowest BCUT2D eigenvalue weighted by atomic mass is 10.0. The summed E-state index contributed by atoms with van der Waals surface area (Å²) in [5.41, 5.74) is -1.31. The standard InChI is InChI=1S/C11H22N2O3/c1-10(2,3)16-9(14)12-7-11(15)5-6-13(4)8-11/h15H,5-8H2,1-4H3,(H,12,14). The van der Waals surface area contributed by atoms with Crippen molar-refractivity contribution < 1.29 is 14.6 Å². The molecule has 94 valence electrons. The number of hydrogen-bond acceptors (Lipinski definition) is 4. The van der Waals surface area contributed by atoms with Crippen molar-refractivity contribution in [1.82, 2.24) is 10.2 Å². The third-order valence-corrected chi connectivity index (χ3v) is 2.48. The van der Waals surface area contributed by atoms with Gasteiger partial charge in [-0.2, -0.15) is 0 Å². The minimum atomic E-state index is -0.814. The molecule has 1 rings (SSSR count). The van der Waals surface area contributed by atoms with E-state index in [0.717, 1.165) is 6.54 Å². The van der Waals surface area contributed by atoms with Crippen molar-refractivity contribution in [2.24, 2.45) is 0 Å². The van der Waals surface area contributed by atoms with Gasteiger partial charge < -0.3 is 20.1 Å². The molecule has 1 aliphatic heterocycles. The van der Waals surface area contributed by atoms with Crippen LogP contribution in [0.1, 0.15) is 27.2 Å². The Hall–Kier alpha value is -0.810. The highest BCUT2D eigenvalue weighted by Crippen LogP contribution is 2.18. The van der Waals surface area contributed by atoms with Crippen molar-refractivity contribution in [3.63, 3.8) is 0 Å². The monoisotopic (exact) mass is 230 g/mol. The molecule has 0 spiro atoms. The lowest BCUT2D eigenvalue weighted by molar-refractivity contribution is 0.0300. The van der Waals surface area contributed by atoms with Crippen molar-refractivity contribution in [3.05, 3.63) is 0 Å². The van der Waals surface area contributed by atoms with Crippen molar-refractivity contribution >= 4 is 6.09 Å². The van der Waals surface area contributed by atoms with Crippen LogP contribution in [0.4, 0.5) is 4.79 Å². The van der Waals surface area contributed by atoms with E-state index in [-0.39, 0.29) is 6.54 Å². The molecular formula is C11H22N2O3. The summed E-state index contributed by atoms with van der Waals surface area (Å²) in [7, 11) is 1.95. The summed E-state index contributed by atoms with van der Waals surface area (Å²) in [6.45, 7) is 7.11. The van der Waals surface area contributed by atoms with Gasteiger partial charge in [0, 0.05) is 13.1 Å². The lowest BCUT2D eigenvalue weighted by Gasteiger charge is -2.25. The zero-order valence-electron chi connectivity index (χ0n) is 10.5. The average molecular weight is 230 g/mol. The molecule has 1 aliphatic rings. The van der Waals surface area contributed by atoms with Crippen LogP contribution in [0, 0.1) is 0 Å². The van der Waals surface area contributed by atoms with E-state index in [2.05, 4.69) is 5.32 Å². The zero-order chi connectivity index (χ0) is 12.4. The van der Waals surface area contributed by atoms with Gasteiger partial charge in [0.25, 0.3) is 0 Å². The van der Waals surface area contributed by atoms with E-state index in [4.69, 9.17) is 4.74 Å². The first-order valence-electron chi connectivity index (χ1n) is 5.58. The normalized spacial score (nSPS) is 26.8. The minimum Gasteiger partial charge on any atom is -0.444 e. The third kappa shape index (κ3) is 4.37. The van der Waals surface area contributed by atoms with Crippen LogP contribution in [-0.2, 0) is 4.74 Å². The first-order chi connectivity index (χ1) is 7.20. The summed E-state index contributed by atoms with van der Waals surface area (Å²) >= 11 is 0. The maximum absolute atomic E-state index is 11.4. The number of likely N-dealkylation sites (tertiary alicyclic amines) is 1. The Balaban J connectivity index is 2.32. The van der Waals surface area contributed by atoms with Crippen molar-refractivity contribution in [3.8, 4) is 0 Å². The van der Waals surface area contributed by atoms with Crippen LogP contribution in [-0.4, -0.2) is 54.0 Å². The molecule has 2 N–H and O–H groups in total. The third-order valence-electron chi connectivity index (χ3n) is 2.48. The number of likely N-dealkylation sites (N-methyl/N-ethyl adjacent to an activating group) is 1. The smallest absolute Gasteiger partial charge is 0.407 e. The summed E-state index contributed by atoms with van der Waals surface area (Å²) < 4.78 is 5.09. The summed E-state index contributed by atoms with van der Waals surface area (Å²) in [5, 5.41) is 12.7. The molecule has 1 unspecified atom stereocenters. The van der Waals surface area contributed by atoms with E-state index in [1.165, 1.54) is 0 Å².